The minimum atomic E-state index is -0.791. The third-order valence-electron chi connectivity index (χ3n) is 3.76. The molecule has 0 saturated heterocycles. The molecule has 5 nitrogen and oxygen atoms in total. The monoisotopic (exact) mass is 276 g/mol. The lowest BCUT2D eigenvalue weighted by atomic mass is 10.0. The molecule has 2 rings (SSSR count). The summed E-state index contributed by atoms with van der Waals surface area (Å²) in [6.45, 7) is 4.32. The fourth-order valence-corrected chi connectivity index (χ4v) is 2.80. The molecule has 0 aromatic carbocycles. The van der Waals surface area contributed by atoms with Gasteiger partial charge in [-0.05, 0) is 50.8 Å². The van der Waals surface area contributed by atoms with Gasteiger partial charge in [0, 0.05) is 23.9 Å². The number of rotatable bonds is 4. The zero-order chi connectivity index (χ0) is 14.7. The van der Waals surface area contributed by atoms with Gasteiger partial charge in [0.25, 0.3) is 0 Å². The van der Waals surface area contributed by atoms with E-state index in [4.69, 9.17) is 5.11 Å². The van der Waals surface area contributed by atoms with E-state index in [9.17, 15) is 9.59 Å². The van der Waals surface area contributed by atoms with E-state index in [0.29, 0.717) is 25.8 Å². The molecule has 1 saturated carbocycles. The van der Waals surface area contributed by atoms with Gasteiger partial charge in [-0.1, -0.05) is 0 Å². The lowest BCUT2D eigenvalue weighted by Crippen LogP contribution is -2.29. The Kier molecular flexibility index (Phi) is 4.37. The van der Waals surface area contributed by atoms with Gasteiger partial charge in [-0.3, -0.25) is 14.6 Å². The number of aromatic nitrogens is 1. The summed E-state index contributed by atoms with van der Waals surface area (Å²) in [4.78, 5) is 27.2. The fourth-order valence-electron chi connectivity index (χ4n) is 2.80. The third kappa shape index (κ3) is 3.56. The van der Waals surface area contributed by atoms with Crippen LogP contribution in [-0.2, 0) is 16.1 Å². The molecule has 0 radical (unpaired) electrons. The standard InChI is InChI=1S/C15H20N2O3/c1-9-5-11(6-10(2)17-9)8-16-14(18)12-3-4-13(7-12)15(19)20/h5-6,12-13H,3-4,7-8H2,1-2H3,(H,16,18)(H,19,20)/t12-,13+/m1/s1. The van der Waals surface area contributed by atoms with E-state index in [1.54, 1.807) is 0 Å². The zero-order valence-electron chi connectivity index (χ0n) is 11.8. The number of hydrogen-bond donors (Lipinski definition) is 2. The Hall–Kier alpha value is -1.91. The van der Waals surface area contributed by atoms with Crippen LogP contribution in [0.25, 0.3) is 0 Å². The molecule has 1 amide bonds. The van der Waals surface area contributed by atoms with Crippen LogP contribution in [0.1, 0.15) is 36.2 Å². The molecule has 108 valence electrons. The molecule has 1 aliphatic rings. The summed E-state index contributed by atoms with van der Waals surface area (Å²) in [5.74, 6) is -1.36. The van der Waals surface area contributed by atoms with Gasteiger partial charge >= 0.3 is 5.97 Å². The molecule has 1 heterocycles. The second kappa shape index (κ2) is 6.03. The molecule has 0 unspecified atom stereocenters. The molecule has 0 aliphatic heterocycles. The maximum atomic E-state index is 12.0. The predicted molar refractivity (Wildman–Crippen MR) is 74.0 cm³/mol. The lowest BCUT2D eigenvalue weighted by Gasteiger charge is -2.11. The van der Waals surface area contributed by atoms with Crippen LogP contribution in [0.3, 0.4) is 0 Å². The molecule has 1 aromatic heterocycles. The van der Waals surface area contributed by atoms with E-state index >= 15 is 0 Å². The molecule has 0 spiro atoms. The van der Waals surface area contributed by atoms with Crippen molar-refractivity contribution in [1.29, 1.82) is 0 Å². The van der Waals surface area contributed by atoms with Gasteiger partial charge in [-0.2, -0.15) is 0 Å². The molecule has 0 bridgehead atoms. The Morgan fingerprint density at radius 1 is 1.25 bits per heavy atom. The summed E-state index contributed by atoms with van der Waals surface area (Å²) in [7, 11) is 0. The lowest BCUT2D eigenvalue weighted by molar-refractivity contribution is -0.141. The highest BCUT2D eigenvalue weighted by atomic mass is 16.4. The molecule has 20 heavy (non-hydrogen) atoms. The highest BCUT2D eigenvalue weighted by Gasteiger charge is 2.33. The summed E-state index contributed by atoms with van der Waals surface area (Å²) in [5.41, 5.74) is 2.89. The van der Waals surface area contributed by atoms with Crippen molar-refractivity contribution in [3.63, 3.8) is 0 Å². The van der Waals surface area contributed by atoms with Gasteiger partial charge in [0.2, 0.25) is 5.91 Å². The summed E-state index contributed by atoms with van der Waals surface area (Å²) >= 11 is 0. The number of carbonyl (C=O) groups excluding carboxylic acids is 1. The van der Waals surface area contributed by atoms with Crippen LogP contribution < -0.4 is 5.32 Å². The second-order valence-electron chi connectivity index (χ2n) is 5.52. The average molecular weight is 276 g/mol. The number of pyridine rings is 1. The number of hydrogen-bond acceptors (Lipinski definition) is 3. The molecule has 2 atom stereocenters. The van der Waals surface area contributed by atoms with Crippen molar-refractivity contribution in [3.8, 4) is 0 Å². The number of carbonyl (C=O) groups is 2. The molecule has 2 N–H and O–H groups in total. The van der Waals surface area contributed by atoms with Crippen LogP contribution in [-0.4, -0.2) is 22.0 Å². The number of nitrogens with zero attached hydrogens (tertiary/aromatic N) is 1. The van der Waals surface area contributed by atoms with Crippen molar-refractivity contribution < 1.29 is 14.7 Å². The second-order valence-corrected chi connectivity index (χ2v) is 5.52. The highest BCUT2D eigenvalue weighted by Crippen LogP contribution is 2.31. The molecular formula is C15H20N2O3. The maximum Gasteiger partial charge on any atom is 0.306 e. The minimum Gasteiger partial charge on any atom is -0.481 e. The van der Waals surface area contributed by atoms with Crippen molar-refractivity contribution in [2.45, 2.75) is 39.7 Å². The summed E-state index contributed by atoms with van der Waals surface area (Å²) in [5, 5.41) is 11.8. The first-order valence-electron chi connectivity index (χ1n) is 6.90. The van der Waals surface area contributed by atoms with E-state index < -0.39 is 5.97 Å². The molecular weight excluding hydrogens is 256 g/mol. The third-order valence-corrected chi connectivity index (χ3v) is 3.76. The van der Waals surface area contributed by atoms with Crippen molar-refractivity contribution >= 4 is 11.9 Å². The van der Waals surface area contributed by atoms with E-state index in [1.807, 2.05) is 26.0 Å². The average Bonchev–Trinajstić information content (AvgIpc) is 2.84. The zero-order valence-corrected chi connectivity index (χ0v) is 11.8. The predicted octanol–water partition coefficient (Wildman–Crippen LogP) is 1.82. The summed E-state index contributed by atoms with van der Waals surface area (Å²) in [6.07, 6.45) is 1.72. The Morgan fingerprint density at radius 3 is 2.40 bits per heavy atom. The topological polar surface area (TPSA) is 79.3 Å². The number of amides is 1. The fraction of sp³-hybridized carbons (Fsp3) is 0.533. The molecule has 1 fully saturated rings. The number of aliphatic carboxylic acids is 1. The number of carboxylic acids is 1. The summed E-state index contributed by atoms with van der Waals surface area (Å²) < 4.78 is 0. The van der Waals surface area contributed by atoms with Crippen LogP contribution in [0.5, 0.6) is 0 Å². The first-order valence-corrected chi connectivity index (χ1v) is 6.90. The Balaban J connectivity index is 1.88. The van der Waals surface area contributed by atoms with Crippen molar-refractivity contribution in [2.24, 2.45) is 11.8 Å². The van der Waals surface area contributed by atoms with Crippen molar-refractivity contribution in [1.82, 2.24) is 10.3 Å². The van der Waals surface area contributed by atoms with E-state index in [-0.39, 0.29) is 17.7 Å². The molecule has 1 aliphatic carbocycles. The van der Waals surface area contributed by atoms with Crippen LogP contribution in [0.15, 0.2) is 12.1 Å². The van der Waals surface area contributed by atoms with Gasteiger partial charge in [-0.25, -0.2) is 0 Å². The molecule has 1 aromatic rings. The van der Waals surface area contributed by atoms with Gasteiger partial charge < -0.3 is 10.4 Å². The van der Waals surface area contributed by atoms with Crippen LogP contribution >= 0.6 is 0 Å². The smallest absolute Gasteiger partial charge is 0.306 e. The first-order chi connectivity index (χ1) is 9.45. The maximum absolute atomic E-state index is 12.0. The highest BCUT2D eigenvalue weighted by molar-refractivity contribution is 5.80. The van der Waals surface area contributed by atoms with Crippen LogP contribution in [0.2, 0.25) is 0 Å². The van der Waals surface area contributed by atoms with Crippen molar-refractivity contribution in [3.05, 3.63) is 29.1 Å². The Bertz CT molecular complexity index is 508. The normalized spacial score (nSPS) is 21.7. The largest absolute Gasteiger partial charge is 0.481 e. The quantitative estimate of drug-likeness (QED) is 0.879. The molecule has 5 heteroatoms. The van der Waals surface area contributed by atoms with Crippen molar-refractivity contribution in [2.75, 3.05) is 0 Å². The van der Waals surface area contributed by atoms with Gasteiger partial charge in [0.1, 0.15) is 0 Å². The Labute approximate surface area is 118 Å². The minimum absolute atomic E-state index is 0.0409. The van der Waals surface area contributed by atoms with Gasteiger partial charge in [0.15, 0.2) is 0 Å². The SMILES string of the molecule is Cc1cc(CNC(=O)[C@@H]2CC[C@H](C(=O)O)C2)cc(C)n1. The van der Waals surface area contributed by atoms with Gasteiger partial charge in [0.05, 0.1) is 5.92 Å². The Morgan fingerprint density at radius 2 is 1.85 bits per heavy atom. The number of carboxylic acid groups (broad SMARTS) is 1. The van der Waals surface area contributed by atoms with Crippen LogP contribution in [0.4, 0.5) is 0 Å². The van der Waals surface area contributed by atoms with Crippen LogP contribution in [0, 0.1) is 25.7 Å². The first kappa shape index (κ1) is 14.5. The number of aryl methyl sites for hydroxylation is 2. The van der Waals surface area contributed by atoms with E-state index in [1.165, 1.54) is 0 Å². The van der Waals surface area contributed by atoms with E-state index in [2.05, 4.69) is 10.3 Å². The number of nitrogens with one attached hydrogen (secondary N) is 1. The van der Waals surface area contributed by atoms with Gasteiger partial charge in [-0.15, -0.1) is 0 Å². The van der Waals surface area contributed by atoms with E-state index in [0.717, 1.165) is 17.0 Å². The summed E-state index contributed by atoms with van der Waals surface area (Å²) in [6, 6.07) is 3.89.